The predicted molar refractivity (Wildman–Crippen MR) is 92.4 cm³/mol. The van der Waals surface area contributed by atoms with Gasteiger partial charge >= 0.3 is 0 Å². The number of benzene rings is 1. The molecule has 2 atom stereocenters. The largest absolute Gasteiger partial charge is 0.389 e. The fourth-order valence-corrected chi connectivity index (χ4v) is 3.84. The summed E-state index contributed by atoms with van der Waals surface area (Å²) in [6.45, 7) is 6.48. The standard InChI is InChI=1S/C19H30N2O2/c22-19(16-23-15-17-7-2-1-3-8-17)14-20-10-6-9-18(13-20)21-11-4-5-12-21/h1-3,7-8,18-19,22H,4-6,9-16H2. The molecular weight excluding hydrogens is 288 g/mol. The second-order valence-corrected chi connectivity index (χ2v) is 6.95. The lowest BCUT2D eigenvalue weighted by Crippen LogP contribution is -2.49. The molecule has 0 radical (unpaired) electrons. The first-order valence-electron chi connectivity index (χ1n) is 9.07. The molecule has 1 aromatic carbocycles. The Morgan fingerprint density at radius 3 is 2.65 bits per heavy atom. The quantitative estimate of drug-likeness (QED) is 0.835. The summed E-state index contributed by atoms with van der Waals surface area (Å²) in [6.07, 6.45) is 4.88. The Kier molecular flexibility index (Phi) is 6.46. The average Bonchev–Trinajstić information content (AvgIpc) is 3.11. The van der Waals surface area contributed by atoms with E-state index < -0.39 is 6.10 Å². The van der Waals surface area contributed by atoms with Gasteiger partial charge in [0.2, 0.25) is 0 Å². The minimum absolute atomic E-state index is 0.393. The molecule has 0 bridgehead atoms. The van der Waals surface area contributed by atoms with E-state index in [-0.39, 0.29) is 0 Å². The zero-order chi connectivity index (χ0) is 15.9. The minimum atomic E-state index is -0.393. The van der Waals surface area contributed by atoms with Crippen molar-refractivity contribution < 1.29 is 9.84 Å². The van der Waals surface area contributed by atoms with Crippen molar-refractivity contribution in [3.63, 3.8) is 0 Å². The molecule has 1 N–H and O–H groups in total. The van der Waals surface area contributed by atoms with Gasteiger partial charge in [-0.1, -0.05) is 30.3 Å². The Bertz CT molecular complexity index is 448. The Balaban J connectivity index is 1.36. The molecule has 23 heavy (non-hydrogen) atoms. The number of hydrogen-bond donors (Lipinski definition) is 1. The number of hydrogen-bond acceptors (Lipinski definition) is 4. The second kappa shape index (κ2) is 8.78. The average molecular weight is 318 g/mol. The van der Waals surface area contributed by atoms with E-state index in [9.17, 15) is 5.11 Å². The topological polar surface area (TPSA) is 35.9 Å². The van der Waals surface area contributed by atoms with Gasteiger partial charge in [-0.25, -0.2) is 0 Å². The molecule has 2 heterocycles. The molecule has 4 nitrogen and oxygen atoms in total. The fraction of sp³-hybridized carbons (Fsp3) is 0.684. The number of rotatable bonds is 7. The van der Waals surface area contributed by atoms with Crippen LogP contribution in [0.25, 0.3) is 0 Å². The van der Waals surface area contributed by atoms with E-state index in [0.29, 0.717) is 19.3 Å². The van der Waals surface area contributed by atoms with Gasteiger partial charge in [0, 0.05) is 19.1 Å². The van der Waals surface area contributed by atoms with Gasteiger partial charge in [-0.2, -0.15) is 0 Å². The lowest BCUT2D eigenvalue weighted by Gasteiger charge is -2.38. The smallest absolute Gasteiger partial charge is 0.0900 e. The highest BCUT2D eigenvalue weighted by Crippen LogP contribution is 2.20. The van der Waals surface area contributed by atoms with E-state index in [0.717, 1.165) is 25.2 Å². The third kappa shape index (κ3) is 5.28. The van der Waals surface area contributed by atoms with Crippen LogP contribution in [0, 0.1) is 0 Å². The number of ether oxygens (including phenoxy) is 1. The maximum absolute atomic E-state index is 10.3. The molecule has 0 amide bonds. The molecule has 3 rings (SSSR count). The zero-order valence-corrected chi connectivity index (χ0v) is 14.1. The number of aliphatic hydroxyl groups is 1. The van der Waals surface area contributed by atoms with Crippen molar-refractivity contribution in [1.29, 1.82) is 0 Å². The zero-order valence-electron chi connectivity index (χ0n) is 14.1. The minimum Gasteiger partial charge on any atom is -0.389 e. The molecule has 2 fully saturated rings. The predicted octanol–water partition coefficient (Wildman–Crippen LogP) is 2.12. The first-order chi connectivity index (χ1) is 11.3. The van der Waals surface area contributed by atoms with E-state index in [2.05, 4.69) is 21.9 Å². The molecule has 0 saturated carbocycles. The van der Waals surface area contributed by atoms with Crippen molar-refractivity contribution in [1.82, 2.24) is 9.80 Å². The van der Waals surface area contributed by atoms with Gasteiger partial charge in [-0.3, -0.25) is 9.80 Å². The number of piperidine rings is 1. The van der Waals surface area contributed by atoms with Gasteiger partial charge in [0.1, 0.15) is 0 Å². The molecule has 0 aliphatic carbocycles. The van der Waals surface area contributed by atoms with Crippen LogP contribution in [0.15, 0.2) is 30.3 Å². The molecule has 4 heteroatoms. The summed E-state index contributed by atoms with van der Waals surface area (Å²) in [7, 11) is 0. The van der Waals surface area contributed by atoms with E-state index in [1.807, 2.05) is 18.2 Å². The number of nitrogens with zero attached hydrogens (tertiary/aromatic N) is 2. The third-order valence-corrected chi connectivity index (χ3v) is 5.03. The van der Waals surface area contributed by atoms with Gasteiger partial charge in [0.15, 0.2) is 0 Å². The first-order valence-corrected chi connectivity index (χ1v) is 9.07. The van der Waals surface area contributed by atoms with Crippen molar-refractivity contribution >= 4 is 0 Å². The second-order valence-electron chi connectivity index (χ2n) is 6.95. The summed E-state index contributed by atoms with van der Waals surface area (Å²) in [4.78, 5) is 5.06. The molecular formula is C19H30N2O2. The molecule has 0 spiro atoms. The van der Waals surface area contributed by atoms with Gasteiger partial charge in [0.05, 0.1) is 19.3 Å². The monoisotopic (exact) mass is 318 g/mol. The van der Waals surface area contributed by atoms with Crippen LogP contribution in [0.3, 0.4) is 0 Å². The summed E-state index contributed by atoms with van der Waals surface area (Å²) in [5, 5.41) is 10.3. The molecule has 2 saturated heterocycles. The SMILES string of the molecule is OC(COCc1ccccc1)CN1CCCC(N2CCCC2)C1. The van der Waals surface area contributed by atoms with Crippen LogP contribution in [0.1, 0.15) is 31.2 Å². The maximum atomic E-state index is 10.3. The van der Waals surface area contributed by atoms with Crippen molar-refractivity contribution in [3.8, 4) is 0 Å². The fourth-order valence-electron chi connectivity index (χ4n) is 3.84. The lowest BCUT2D eigenvalue weighted by atomic mass is 10.0. The van der Waals surface area contributed by atoms with Crippen LogP contribution in [0.4, 0.5) is 0 Å². The highest BCUT2D eigenvalue weighted by molar-refractivity contribution is 5.13. The molecule has 2 aliphatic rings. The van der Waals surface area contributed by atoms with Crippen LogP contribution < -0.4 is 0 Å². The van der Waals surface area contributed by atoms with Crippen LogP contribution in [-0.4, -0.2) is 66.4 Å². The molecule has 2 unspecified atom stereocenters. The Morgan fingerprint density at radius 1 is 1.09 bits per heavy atom. The van der Waals surface area contributed by atoms with Crippen LogP contribution in [0.5, 0.6) is 0 Å². The highest BCUT2D eigenvalue weighted by atomic mass is 16.5. The summed E-state index contributed by atoms with van der Waals surface area (Å²) in [5.74, 6) is 0. The molecule has 2 aliphatic heterocycles. The summed E-state index contributed by atoms with van der Waals surface area (Å²) in [6, 6.07) is 10.8. The van der Waals surface area contributed by atoms with Gasteiger partial charge in [0.25, 0.3) is 0 Å². The number of likely N-dealkylation sites (tertiary alicyclic amines) is 2. The highest BCUT2D eigenvalue weighted by Gasteiger charge is 2.27. The van der Waals surface area contributed by atoms with Crippen molar-refractivity contribution in [2.45, 2.75) is 44.4 Å². The van der Waals surface area contributed by atoms with Crippen LogP contribution in [0.2, 0.25) is 0 Å². The van der Waals surface area contributed by atoms with Crippen molar-refractivity contribution in [2.75, 3.05) is 39.3 Å². The van der Waals surface area contributed by atoms with Crippen molar-refractivity contribution in [3.05, 3.63) is 35.9 Å². The van der Waals surface area contributed by atoms with E-state index >= 15 is 0 Å². The number of aliphatic hydroxyl groups excluding tert-OH is 1. The van der Waals surface area contributed by atoms with Crippen molar-refractivity contribution in [2.24, 2.45) is 0 Å². The molecule has 0 aromatic heterocycles. The molecule has 128 valence electrons. The Labute approximate surface area is 140 Å². The van der Waals surface area contributed by atoms with Gasteiger partial charge in [-0.05, 0) is 50.9 Å². The third-order valence-electron chi connectivity index (χ3n) is 5.03. The van der Waals surface area contributed by atoms with Gasteiger partial charge in [-0.15, -0.1) is 0 Å². The normalized spacial score (nSPS) is 24.8. The van der Waals surface area contributed by atoms with E-state index in [1.54, 1.807) is 0 Å². The van der Waals surface area contributed by atoms with Gasteiger partial charge < -0.3 is 9.84 Å². The number of β-amino-alcohol motifs (C(OH)–C–C–N with tert-alkyl or cyclic N) is 1. The summed E-state index contributed by atoms with van der Waals surface area (Å²) in [5.41, 5.74) is 1.16. The first kappa shape index (κ1) is 16.9. The van der Waals surface area contributed by atoms with E-state index in [4.69, 9.17) is 4.74 Å². The Morgan fingerprint density at radius 2 is 1.87 bits per heavy atom. The van der Waals surface area contributed by atoms with Crippen LogP contribution >= 0.6 is 0 Å². The molecule has 1 aromatic rings. The van der Waals surface area contributed by atoms with Crippen LogP contribution in [-0.2, 0) is 11.3 Å². The lowest BCUT2D eigenvalue weighted by molar-refractivity contribution is -0.000316. The van der Waals surface area contributed by atoms with E-state index in [1.165, 1.54) is 38.8 Å². The summed E-state index contributed by atoms with van der Waals surface area (Å²) >= 11 is 0. The Hall–Kier alpha value is -0.940. The summed E-state index contributed by atoms with van der Waals surface area (Å²) < 4.78 is 5.66. The maximum Gasteiger partial charge on any atom is 0.0900 e.